The van der Waals surface area contributed by atoms with Crippen LogP contribution in [0.4, 0.5) is 0 Å². The summed E-state index contributed by atoms with van der Waals surface area (Å²) in [6.45, 7) is 0. The van der Waals surface area contributed by atoms with Crippen LogP contribution in [0.5, 0.6) is 11.5 Å². The van der Waals surface area contributed by atoms with Crippen molar-refractivity contribution >= 4 is 27.5 Å². The summed E-state index contributed by atoms with van der Waals surface area (Å²) in [5.74, 6) is 1.33. The minimum atomic E-state index is 0.00182. The summed E-state index contributed by atoms with van der Waals surface area (Å²) in [5, 5.41) is 8.63. The van der Waals surface area contributed by atoms with Gasteiger partial charge in [-0.2, -0.15) is 5.10 Å². The van der Waals surface area contributed by atoms with Crippen LogP contribution in [0.1, 0.15) is 22.5 Å². The zero-order chi connectivity index (χ0) is 17.6. The van der Waals surface area contributed by atoms with Gasteiger partial charge in [0.05, 0.1) is 19.1 Å². The molecule has 1 aliphatic carbocycles. The number of thiophene rings is 1. The monoisotopic (exact) mass is 357 g/mol. The van der Waals surface area contributed by atoms with Gasteiger partial charge in [-0.15, -0.1) is 11.3 Å². The van der Waals surface area contributed by atoms with Crippen LogP contribution in [-0.2, 0) is 7.05 Å². The maximum Gasteiger partial charge on any atom is 0.261 e. The zero-order valence-corrected chi connectivity index (χ0v) is 15.1. The molecule has 2 aromatic heterocycles. The van der Waals surface area contributed by atoms with Crippen LogP contribution in [0.15, 0.2) is 24.3 Å². The van der Waals surface area contributed by atoms with Gasteiger partial charge in [-0.1, -0.05) is 0 Å². The highest BCUT2D eigenvalue weighted by atomic mass is 32.1. The quantitative estimate of drug-likeness (QED) is 0.761. The Kier molecular flexibility index (Phi) is 3.88. The molecule has 25 heavy (non-hydrogen) atoms. The maximum absolute atomic E-state index is 12.3. The van der Waals surface area contributed by atoms with Crippen molar-refractivity contribution in [2.45, 2.75) is 18.9 Å². The molecule has 1 N–H and O–H groups in total. The highest BCUT2D eigenvalue weighted by Gasteiger charge is 2.25. The second-order valence-electron chi connectivity index (χ2n) is 6.12. The molecule has 0 atom stereocenters. The van der Waals surface area contributed by atoms with Gasteiger partial charge in [-0.3, -0.25) is 9.48 Å². The Morgan fingerprint density at radius 1 is 1.24 bits per heavy atom. The lowest BCUT2D eigenvalue weighted by Crippen LogP contribution is -2.24. The number of benzene rings is 1. The highest BCUT2D eigenvalue weighted by molar-refractivity contribution is 7.20. The first-order valence-corrected chi connectivity index (χ1v) is 8.92. The van der Waals surface area contributed by atoms with Crippen molar-refractivity contribution in [2.75, 3.05) is 14.2 Å². The SMILES string of the molecule is COc1ccc(-c2nn(C)c3sc(C(=O)NC4CC4)cc23)cc1OC. The van der Waals surface area contributed by atoms with Gasteiger partial charge in [0.15, 0.2) is 11.5 Å². The number of aromatic nitrogens is 2. The van der Waals surface area contributed by atoms with Gasteiger partial charge in [0.25, 0.3) is 5.91 Å². The van der Waals surface area contributed by atoms with E-state index in [1.165, 1.54) is 11.3 Å². The molecule has 1 saturated carbocycles. The van der Waals surface area contributed by atoms with Gasteiger partial charge >= 0.3 is 0 Å². The predicted octanol–water partition coefficient (Wildman–Crippen LogP) is 3.21. The van der Waals surface area contributed by atoms with Crippen LogP contribution in [0, 0.1) is 0 Å². The molecule has 6 nitrogen and oxygen atoms in total. The predicted molar refractivity (Wildman–Crippen MR) is 97.6 cm³/mol. The summed E-state index contributed by atoms with van der Waals surface area (Å²) in [6.07, 6.45) is 2.16. The molecule has 4 rings (SSSR count). The smallest absolute Gasteiger partial charge is 0.261 e. The fourth-order valence-electron chi connectivity index (χ4n) is 2.83. The van der Waals surface area contributed by atoms with Crippen molar-refractivity contribution < 1.29 is 14.3 Å². The number of nitrogens with one attached hydrogen (secondary N) is 1. The number of ether oxygens (including phenoxy) is 2. The molecule has 0 unspecified atom stereocenters. The summed E-state index contributed by atoms with van der Waals surface area (Å²) < 4.78 is 12.5. The Labute approximate surface area is 149 Å². The number of nitrogens with zero attached hydrogens (tertiary/aromatic N) is 2. The number of hydrogen-bond donors (Lipinski definition) is 1. The number of amides is 1. The van der Waals surface area contributed by atoms with Crippen LogP contribution < -0.4 is 14.8 Å². The van der Waals surface area contributed by atoms with Gasteiger partial charge in [-0.05, 0) is 37.1 Å². The fourth-order valence-corrected chi connectivity index (χ4v) is 3.81. The standard InChI is InChI=1S/C18H19N3O3S/c1-21-18-12(9-15(25-18)17(22)19-11-5-6-11)16(20-21)10-4-7-13(23-2)14(8-10)24-3/h4,7-9,11H,5-6H2,1-3H3,(H,19,22). The average Bonchev–Trinajstić information content (AvgIpc) is 3.23. The third-order valence-corrected chi connectivity index (χ3v) is 5.51. The van der Waals surface area contributed by atoms with Crippen molar-refractivity contribution in [1.29, 1.82) is 0 Å². The molecule has 0 aliphatic heterocycles. The van der Waals surface area contributed by atoms with E-state index >= 15 is 0 Å². The molecule has 0 bridgehead atoms. The Hall–Kier alpha value is -2.54. The van der Waals surface area contributed by atoms with Crippen LogP contribution in [-0.4, -0.2) is 35.9 Å². The van der Waals surface area contributed by atoms with Crippen LogP contribution in [0.25, 0.3) is 21.5 Å². The first-order valence-electron chi connectivity index (χ1n) is 8.10. The minimum absolute atomic E-state index is 0.00182. The number of hydrogen-bond acceptors (Lipinski definition) is 5. The molecule has 7 heteroatoms. The Morgan fingerprint density at radius 3 is 2.68 bits per heavy atom. The van der Waals surface area contributed by atoms with Gasteiger partial charge in [0, 0.05) is 24.0 Å². The number of rotatable bonds is 5. The molecule has 130 valence electrons. The van der Waals surface area contributed by atoms with E-state index in [0.29, 0.717) is 17.5 Å². The van der Waals surface area contributed by atoms with Crippen LogP contribution >= 0.6 is 11.3 Å². The molecule has 3 aromatic rings. The second-order valence-corrected chi connectivity index (χ2v) is 7.15. The third-order valence-electron chi connectivity index (χ3n) is 4.30. The van der Waals surface area contributed by atoms with E-state index in [1.54, 1.807) is 14.2 Å². The zero-order valence-electron chi connectivity index (χ0n) is 14.3. The summed E-state index contributed by atoms with van der Waals surface area (Å²) in [7, 11) is 5.12. The molecule has 1 aromatic carbocycles. The number of fused-ring (bicyclic) bond motifs is 1. The van der Waals surface area contributed by atoms with Gasteiger partial charge in [0.1, 0.15) is 10.5 Å². The van der Waals surface area contributed by atoms with E-state index in [-0.39, 0.29) is 5.91 Å². The molecule has 1 amide bonds. The molecule has 0 saturated heterocycles. The van der Waals surface area contributed by atoms with Crippen molar-refractivity contribution in [3.8, 4) is 22.8 Å². The summed E-state index contributed by atoms with van der Waals surface area (Å²) in [6, 6.07) is 7.99. The van der Waals surface area contributed by atoms with Crippen molar-refractivity contribution in [3.63, 3.8) is 0 Å². The summed E-state index contributed by atoms with van der Waals surface area (Å²) in [4.78, 5) is 14.0. The minimum Gasteiger partial charge on any atom is -0.493 e. The number of carbonyl (C=O) groups excluding carboxylic acids is 1. The molecular weight excluding hydrogens is 338 g/mol. The molecule has 2 heterocycles. The Morgan fingerprint density at radius 2 is 2.00 bits per heavy atom. The molecule has 0 radical (unpaired) electrons. The number of aryl methyl sites for hydroxylation is 1. The van der Waals surface area contributed by atoms with E-state index in [1.807, 2.05) is 36.0 Å². The van der Waals surface area contributed by atoms with E-state index in [9.17, 15) is 4.79 Å². The van der Waals surface area contributed by atoms with E-state index in [2.05, 4.69) is 10.4 Å². The molecular formula is C18H19N3O3S. The second kappa shape index (κ2) is 6.07. The van der Waals surface area contributed by atoms with Crippen LogP contribution in [0.3, 0.4) is 0 Å². The van der Waals surface area contributed by atoms with Crippen molar-refractivity contribution in [1.82, 2.24) is 15.1 Å². The number of methoxy groups -OCH3 is 2. The third kappa shape index (κ3) is 2.84. The average molecular weight is 357 g/mol. The Bertz CT molecular complexity index is 956. The molecule has 1 aliphatic rings. The fraction of sp³-hybridized carbons (Fsp3) is 0.333. The molecule has 1 fully saturated rings. The number of carbonyl (C=O) groups is 1. The van der Waals surface area contributed by atoms with Crippen LogP contribution in [0.2, 0.25) is 0 Å². The summed E-state index contributed by atoms with van der Waals surface area (Å²) >= 11 is 1.47. The maximum atomic E-state index is 12.3. The summed E-state index contributed by atoms with van der Waals surface area (Å²) in [5.41, 5.74) is 1.76. The van der Waals surface area contributed by atoms with Gasteiger partial charge < -0.3 is 14.8 Å². The lowest BCUT2D eigenvalue weighted by Gasteiger charge is -2.08. The molecule has 0 spiro atoms. The topological polar surface area (TPSA) is 65.4 Å². The lowest BCUT2D eigenvalue weighted by atomic mass is 10.1. The first-order chi connectivity index (χ1) is 12.1. The Balaban J connectivity index is 1.76. The normalized spacial score (nSPS) is 13.9. The van der Waals surface area contributed by atoms with Crippen molar-refractivity contribution in [2.24, 2.45) is 7.05 Å². The first kappa shape index (κ1) is 16.0. The van der Waals surface area contributed by atoms with Gasteiger partial charge in [-0.25, -0.2) is 0 Å². The van der Waals surface area contributed by atoms with E-state index in [4.69, 9.17) is 9.47 Å². The van der Waals surface area contributed by atoms with Gasteiger partial charge in [0.2, 0.25) is 0 Å². The lowest BCUT2D eigenvalue weighted by molar-refractivity contribution is 0.0955. The van der Waals surface area contributed by atoms with E-state index < -0.39 is 0 Å². The van der Waals surface area contributed by atoms with E-state index in [0.717, 1.165) is 39.2 Å². The largest absolute Gasteiger partial charge is 0.493 e. The highest BCUT2D eigenvalue weighted by Crippen LogP contribution is 2.37. The van der Waals surface area contributed by atoms with Crippen molar-refractivity contribution in [3.05, 3.63) is 29.1 Å².